The molecule has 1 unspecified atom stereocenters. The van der Waals surface area contributed by atoms with Crippen molar-refractivity contribution in [1.29, 1.82) is 0 Å². The molecule has 4 N–H and O–H groups in total. The van der Waals surface area contributed by atoms with Crippen molar-refractivity contribution < 1.29 is 20.4 Å². The fraction of sp³-hybridized carbons (Fsp3) is 0.625. The van der Waals surface area contributed by atoms with Gasteiger partial charge in [-0.2, -0.15) is 0 Å². The normalized spacial score (nSPS) is 13.5. The lowest BCUT2D eigenvalue weighted by atomic mass is 9.78. The van der Waals surface area contributed by atoms with Gasteiger partial charge in [0.05, 0.1) is 31.3 Å². The molecule has 1 aromatic rings. The first-order valence-corrected chi connectivity index (χ1v) is 7.14. The third-order valence-electron chi connectivity index (χ3n) is 3.92. The van der Waals surface area contributed by atoms with Crippen LogP contribution < -0.4 is 0 Å². The summed E-state index contributed by atoms with van der Waals surface area (Å²) in [7, 11) is 0. The monoisotopic (exact) mass is 282 g/mol. The Balaban J connectivity index is 3.16. The van der Waals surface area contributed by atoms with Crippen molar-refractivity contribution in [2.75, 3.05) is 19.8 Å². The Morgan fingerprint density at radius 1 is 1.10 bits per heavy atom. The van der Waals surface area contributed by atoms with Crippen LogP contribution in [0, 0.1) is 12.3 Å². The van der Waals surface area contributed by atoms with Gasteiger partial charge in [0.1, 0.15) is 0 Å². The molecule has 1 aromatic carbocycles. The van der Waals surface area contributed by atoms with Crippen molar-refractivity contribution in [1.82, 2.24) is 0 Å². The lowest BCUT2D eigenvalue weighted by Crippen LogP contribution is -2.40. The Kier molecular flexibility index (Phi) is 6.62. The highest BCUT2D eigenvalue weighted by molar-refractivity contribution is 5.34. The summed E-state index contributed by atoms with van der Waals surface area (Å²) in [6.45, 7) is 2.68. The van der Waals surface area contributed by atoms with E-state index in [9.17, 15) is 20.4 Å². The quantitative estimate of drug-likeness (QED) is 0.580. The molecule has 0 aromatic heterocycles. The summed E-state index contributed by atoms with van der Waals surface area (Å²) in [6, 6.07) is 5.73. The predicted octanol–water partition coefficient (Wildman–Crippen LogP) is 1.33. The van der Waals surface area contributed by atoms with Crippen LogP contribution in [-0.2, 0) is 6.42 Å². The fourth-order valence-electron chi connectivity index (χ4n) is 2.32. The average Bonchev–Trinajstić information content (AvgIpc) is 2.47. The van der Waals surface area contributed by atoms with Crippen molar-refractivity contribution in [3.8, 4) is 0 Å². The van der Waals surface area contributed by atoms with Crippen LogP contribution in [0.5, 0.6) is 0 Å². The highest BCUT2D eigenvalue weighted by Gasteiger charge is 2.38. The number of rotatable bonds is 8. The number of aliphatic hydroxyl groups is 4. The minimum absolute atomic E-state index is 0.470. The first-order chi connectivity index (χ1) is 9.54. The number of hydrogen-bond donors (Lipinski definition) is 4. The van der Waals surface area contributed by atoms with Crippen molar-refractivity contribution in [2.24, 2.45) is 5.41 Å². The topological polar surface area (TPSA) is 80.9 Å². The number of aliphatic hydroxyl groups excluding tert-OH is 4. The first kappa shape index (κ1) is 17.1. The molecule has 0 heterocycles. The zero-order chi connectivity index (χ0) is 15.2. The molecule has 20 heavy (non-hydrogen) atoms. The Morgan fingerprint density at radius 2 is 1.70 bits per heavy atom. The maximum absolute atomic E-state index is 10.5. The second-order valence-electron chi connectivity index (χ2n) is 5.55. The van der Waals surface area contributed by atoms with Crippen molar-refractivity contribution in [3.05, 3.63) is 34.9 Å². The molecular weight excluding hydrogens is 256 g/mol. The molecule has 0 saturated carbocycles. The van der Waals surface area contributed by atoms with Crippen LogP contribution in [0.3, 0.4) is 0 Å². The summed E-state index contributed by atoms with van der Waals surface area (Å²) in [5.74, 6) is 0. The Bertz CT molecular complexity index is 405. The van der Waals surface area contributed by atoms with Gasteiger partial charge in [0.25, 0.3) is 0 Å². The van der Waals surface area contributed by atoms with Crippen molar-refractivity contribution in [2.45, 2.75) is 39.2 Å². The van der Waals surface area contributed by atoms with Crippen LogP contribution in [0.15, 0.2) is 18.2 Å². The van der Waals surface area contributed by atoms with Crippen LogP contribution >= 0.6 is 0 Å². The van der Waals surface area contributed by atoms with E-state index in [-0.39, 0.29) is 0 Å². The predicted molar refractivity (Wildman–Crippen MR) is 78.4 cm³/mol. The minimum atomic E-state index is -1.31. The molecule has 4 heteroatoms. The molecule has 0 aliphatic rings. The van der Waals surface area contributed by atoms with Gasteiger partial charge in [0.2, 0.25) is 0 Å². The van der Waals surface area contributed by atoms with E-state index in [1.54, 1.807) is 0 Å². The summed E-state index contributed by atoms with van der Waals surface area (Å²) in [5, 5.41) is 38.9. The van der Waals surface area contributed by atoms with Gasteiger partial charge in [-0.05, 0) is 30.9 Å². The SMILES string of the molecule is CCCCc1cc(C)ccc1C(O)C(CO)(CO)CO. The van der Waals surface area contributed by atoms with Gasteiger partial charge in [0.15, 0.2) is 0 Å². The summed E-state index contributed by atoms with van der Waals surface area (Å²) < 4.78 is 0. The van der Waals surface area contributed by atoms with Crippen LogP contribution in [0.4, 0.5) is 0 Å². The van der Waals surface area contributed by atoms with Crippen molar-refractivity contribution in [3.63, 3.8) is 0 Å². The highest BCUT2D eigenvalue weighted by Crippen LogP contribution is 2.35. The summed E-state index contributed by atoms with van der Waals surface area (Å²) in [4.78, 5) is 0. The fourth-order valence-corrected chi connectivity index (χ4v) is 2.32. The zero-order valence-corrected chi connectivity index (χ0v) is 12.3. The van der Waals surface area contributed by atoms with Gasteiger partial charge >= 0.3 is 0 Å². The molecule has 1 rings (SSSR count). The second kappa shape index (κ2) is 7.74. The molecule has 0 saturated heterocycles. The molecule has 4 nitrogen and oxygen atoms in total. The third kappa shape index (κ3) is 3.58. The molecule has 0 fully saturated rings. The number of benzene rings is 1. The Hall–Kier alpha value is -0.940. The van der Waals surface area contributed by atoms with Gasteiger partial charge in [-0.3, -0.25) is 0 Å². The number of aryl methyl sites for hydroxylation is 2. The first-order valence-electron chi connectivity index (χ1n) is 7.14. The largest absolute Gasteiger partial charge is 0.395 e. The molecular formula is C16H26O4. The molecule has 0 radical (unpaired) electrons. The number of unbranched alkanes of at least 4 members (excludes halogenated alkanes) is 1. The van der Waals surface area contributed by atoms with E-state index in [0.717, 1.165) is 30.4 Å². The molecule has 0 aliphatic heterocycles. The smallest absolute Gasteiger partial charge is 0.0915 e. The maximum Gasteiger partial charge on any atom is 0.0915 e. The van der Waals surface area contributed by atoms with Crippen molar-refractivity contribution >= 4 is 0 Å². The summed E-state index contributed by atoms with van der Waals surface area (Å²) in [5.41, 5.74) is 1.49. The van der Waals surface area contributed by atoms with E-state index in [4.69, 9.17) is 0 Å². The van der Waals surface area contributed by atoms with Crippen LogP contribution in [0.25, 0.3) is 0 Å². The van der Waals surface area contributed by atoms with Gasteiger partial charge < -0.3 is 20.4 Å². The van der Waals surface area contributed by atoms with Gasteiger partial charge in [-0.15, -0.1) is 0 Å². The summed E-state index contributed by atoms with van der Waals surface area (Å²) >= 11 is 0. The van der Waals surface area contributed by atoms with Crippen LogP contribution in [0.2, 0.25) is 0 Å². The standard InChI is InChI=1S/C16H26O4/c1-3-4-5-13-8-12(2)6-7-14(13)15(20)16(9-17,10-18)11-19/h6-8,15,17-20H,3-5,9-11H2,1-2H3. The molecule has 0 amide bonds. The lowest BCUT2D eigenvalue weighted by molar-refractivity contribution is -0.0855. The van der Waals surface area contributed by atoms with Gasteiger partial charge in [-0.1, -0.05) is 37.1 Å². The zero-order valence-electron chi connectivity index (χ0n) is 12.3. The molecule has 1 atom stereocenters. The van der Waals surface area contributed by atoms with E-state index in [0.29, 0.717) is 5.56 Å². The van der Waals surface area contributed by atoms with E-state index in [2.05, 4.69) is 6.92 Å². The van der Waals surface area contributed by atoms with Crippen LogP contribution in [0.1, 0.15) is 42.6 Å². The average molecular weight is 282 g/mol. The van der Waals surface area contributed by atoms with Gasteiger partial charge in [-0.25, -0.2) is 0 Å². The molecule has 114 valence electrons. The molecule has 0 aliphatic carbocycles. The van der Waals surface area contributed by atoms with E-state index >= 15 is 0 Å². The lowest BCUT2D eigenvalue weighted by Gasteiger charge is -2.34. The maximum atomic E-state index is 10.5. The van der Waals surface area contributed by atoms with E-state index < -0.39 is 31.3 Å². The van der Waals surface area contributed by atoms with E-state index in [1.165, 1.54) is 0 Å². The Morgan fingerprint density at radius 3 is 2.20 bits per heavy atom. The van der Waals surface area contributed by atoms with E-state index in [1.807, 2.05) is 25.1 Å². The Labute approximate surface area is 120 Å². The minimum Gasteiger partial charge on any atom is -0.395 e. The molecule has 0 bridgehead atoms. The number of hydrogen-bond acceptors (Lipinski definition) is 4. The highest BCUT2D eigenvalue weighted by atomic mass is 16.3. The second-order valence-corrected chi connectivity index (χ2v) is 5.55. The molecule has 0 spiro atoms. The third-order valence-corrected chi connectivity index (χ3v) is 3.92. The van der Waals surface area contributed by atoms with Crippen LogP contribution in [-0.4, -0.2) is 40.2 Å². The summed E-state index contributed by atoms with van der Waals surface area (Å²) in [6.07, 6.45) is 1.81. The van der Waals surface area contributed by atoms with Gasteiger partial charge in [0, 0.05) is 0 Å².